The Morgan fingerprint density at radius 1 is 1.43 bits per heavy atom. The van der Waals surface area contributed by atoms with E-state index in [1.54, 1.807) is 0 Å². The minimum atomic E-state index is 1.17. The van der Waals surface area contributed by atoms with Gasteiger partial charge in [0.05, 0.1) is 0 Å². The Hall–Kier alpha value is 0.170. The van der Waals surface area contributed by atoms with Crippen LogP contribution in [-0.4, -0.2) is 6.16 Å². The van der Waals surface area contributed by atoms with Gasteiger partial charge in [-0.15, -0.1) is 0 Å². The van der Waals surface area contributed by atoms with Crippen LogP contribution in [0.15, 0.2) is 11.9 Å². The largest absolute Gasteiger partial charge is 0.0840 e. The van der Waals surface area contributed by atoms with E-state index in [2.05, 4.69) is 25.7 Å². The fourth-order valence-corrected chi connectivity index (χ4v) is 0.856. The second-order valence-electron chi connectivity index (χ2n) is 1.29. The monoisotopic (exact) mass is 115 g/mol. The summed E-state index contributed by atoms with van der Waals surface area (Å²) in [5.74, 6) is 2.21. The standard InChI is InChI=1S/C6H12P/c1-3-5-6-7-4-2/h5-6H,3-4H2,1-2H3/b6-5+. The molecule has 0 nitrogen and oxygen atoms in total. The van der Waals surface area contributed by atoms with Crippen LogP contribution in [-0.2, 0) is 0 Å². The summed E-state index contributed by atoms with van der Waals surface area (Å²) in [6.07, 6.45) is 4.62. The first-order valence-electron chi connectivity index (χ1n) is 2.73. The molecule has 0 fully saturated rings. The van der Waals surface area contributed by atoms with Crippen molar-refractivity contribution in [2.75, 3.05) is 6.16 Å². The minimum Gasteiger partial charge on any atom is -0.0840 e. The van der Waals surface area contributed by atoms with Gasteiger partial charge in [-0.2, -0.15) is 0 Å². The first-order chi connectivity index (χ1) is 3.41. The minimum absolute atomic E-state index is 1.17. The molecular formula is C6H12P. The molecule has 0 atom stereocenters. The third-order valence-corrected chi connectivity index (χ3v) is 1.42. The van der Waals surface area contributed by atoms with Gasteiger partial charge >= 0.3 is 0 Å². The molecule has 0 aliphatic carbocycles. The van der Waals surface area contributed by atoms with Gasteiger partial charge in [-0.1, -0.05) is 34.3 Å². The van der Waals surface area contributed by atoms with Gasteiger partial charge in [0.25, 0.3) is 0 Å². The highest BCUT2D eigenvalue weighted by atomic mass is 31.1. The maximum absolute atomic E-state index is 2.21. The summed E-state index contributed by atoms with van der Waals surface area (Å²) < 4.78 is 0. The molecule has 0 saturated heterocycles. The lowest BCUT2D eigenvalue weighted by molar-refractivity contribution is 1.23. The van der Waals surface area contributed by atoms with Crippen molar-refractivity contribution in [1.82, 2.24) is 0 Å². The van der Waals surface area contributed by atoms with Crippen LogP contribution in [0.2, 0.25) is 0 Å². The van der Waals surface area contributed by atoms with Gasteiger partial charge in [0, 0.05) is 0 Å². The van der Waals surface area contributed by atoms with E-state index in [4.69, 9.17) is 0 Å². The van der Waals surface area contributed by atoms with E-state index >= 15 is 0 Å². The second kappa shape index (κ2) is 6.17. The molecule has 0 saturated carbocycles. The van der Waals surface area contributed by atoms with E-state index in [1.165, 1.54) is 21.2 Å². The molecule has 1 radical (unpaired) electrons. The lowest BCUT2D eigenvalue weighted by Gasteiger charge is -1.78. The lowest BCUT2D eigenvalue weighted by atomic mass is 10.5. The van der Waals surface area contributed by atoms with Crippen LogP contribution in [0.5, 0.6) is 0 Å². The van der Waals surface area contributed by atoms with Gasteiger partial charge in [-0.3, -0.25) is 0 Å². The van der Waals surface area contributed by atoms with Crippen molar-refractivity contribution in [3.63, 3.8) is 0 Å². The van der Waals surface area contributed by atoms with Crippen LogP contribution in [0.4, 0.5) is 0 Å². The molecule has 0 amide bonds. The topological polar surface area (TPSA) is 0 Å². The fourth-order valence-electron chi connectivity index (χ4n) is 0.285. The number of allylic oxidation sites excluding steroid dienone is 1. The summed E-state index contributed by atoms with van der Waals surface area (Å²) >= 11 is 0. The highest BCUT2D eigenvalue weighted by Crippen LogP contribution is 2.09. The zero-order valence-corrected chi connectivity index (χ0v) is 5.91. The molecule has 0 aromatic rings. The van der Waals surface area contributed by atoms with Crippen molar-refractivity contribution in [2.45, 2.75) is 20.3 Å². The zero-order chi connectivity index (χ0) is 5.54. The van der Waals surface area contributed by atoms with Crippen molar-refractivity contribution in [3.8, 4) is 0 Å². The molecule has 0 aromatic carbocycles. The molecule has 0 aliphatic rings. The van der Waals surface area contributed by atoms with Crippen LogP contribution in [0.1, 0.15) is 20.3 Å². The van der Waals surface area contributed by atoms with Crippen molar-refractivity contribution in [1.29, 1.82) is 0 Å². The maximum Gasteiger partial charge on any atom is -0.0278 e. The Balaban J connectivity index is 2.78. The van der Waals surface area contributed by atoms with Crippen LogP contribution < -0.4 is 0 Å². The number of rotatable bonds is 3. The van der Waals surface area contributed by atoms with Crippen LogP contribution in [0.25, 0.3) is 0 Å². The Bertz CT molecular complexity index is 48.1. The molecule has 0 heterocycles. The van der Waals surface area contributed by atoms with Crippen LogP contribution >= 0.6 is 8.58 Å². The van der Waals surface area contributed by atoms with E-state index in [9.17, 15) is 0 Å². The van der Waals surface area contributed by atoms with E-state index in [0.29, 0.717) is 0 Å². The lowest BCUT2D eigenvalue weighted by Crippen LogP contribution is -1.52. The van der Waals surface area contributed by atoms with E-state index in [0.717, 1.165) is 0 Å². The van der Waals surface area contributed by atoms with E-state index < -0.39 is 0 Å². The molecule has 0 N–H and O–H groups in total. The van der Waals surface area contributed by atoms with Gasteiger partial charge in [0.1, 0.15) is 0 Å². The summed E-state index contributed by atoms with van der Waals surface area (Å²) in [7, 11) is 1.45. The maximum atomic E-state index is 2.21. The molecule has 7 heavy (non-hydrogen) atoms. The molecule has 1 heteroatoms. The Labute approximate surface area is 47.8 Å². The van der Waals surface area contributed by atoms with Crippen molar-refractivity contribution in [3.05, 3.63) is 11.9 Å². The predicted octanol–water partition coefficient (Wildman–Crippen LogP) is 2.88. The van der Waals surface area contributed by atoms with E-state index in [-0.39, 0.29) is 0 Å². The van der Waals surface area contributed by atoms with Crippen molar-refractivity contribution in [2.24, 2.45) is 0 Å². The molecule has 41 valence electrons. The normalized spacial score (nSPS) is 12.3. The molecule has 0 aromatic heterocycles. The van der Waals surface area contributed by atoms with E-state index in [1.807, 2.05) is 0 Å². The van der Waals surface area contributed by atoms with Crippen LogP contribution in [0.3, 0.4) is 0 Å². The predicted molar refractivity (Wildman–Crippen MR) is 36.9 cm³/mol. The molecule has 0 rings (SSSR count). The smallest absolute Gasteiger partial charge is 0.0278 e. The first-order valence-corrected chi connectivity index (χ1v) is 3.88. The molecule has 0 unspecified atom stereocenters. The number of hydrogen-bond acceptors (Lipinski definition) is 0. The van der Waals surface area contributed by atoms with Gasteiger partial charge in [-0.05, 0) is 12.6 Å². The highest BCUT2D eigenvalue weighted by Gasteiger charge is 1.68. The quantitative estimate of drug-likeness (QED) is 0.496. The van der Waals surface area contributed by atoms with Gasteiger partial charge in [-0.25, -0.2) is 0 Å². The first kappa shape index (κ1) is 7.17. The molecule has 0 spiro atoms. The zero-order valence-electron chi connectivity index (χ0n) is 5.02. The van der Waals surface area contributed by atoms with Crippen molar-refractivity contribution < 1.29 is 0 Å². The molecule has 0 bridgehead atoms. The molecule has 0 aliphatic heterocycles. The summed E-state index contributed by atoms with van der Waals surface area (Å²) in [4.78, 5) is 0. The fraction of sp³-hybridized carbons (Fsp3) is 0.667. The summed E-state index contributed by atoms with van der Waals surface area (Å²) in [6, 6.07) is 0. The third kappa shape index (κ3) is 6.17. The van der Waals surface area contributed by atoms with Gasteiger partial charge < -0.3 is 0 Å². The van der Waals surface area contributed by atoms with Crippen LogP contribution in [0, 0.1) is 0 Å². The Morgan fingerprint density at radius 2 is 2.14 bits per heavy atom. The third-order valence-electron chi connectivity index (χ3n) is 0.629. The SMILES string of the molecule is CC/C=C/[P]CC. The molecular weight excluding hydrogens is 103 g/mol. The summed E-state index contributed by atoms with van der Waals surface area (Å²) in [5, 5.41) is 0. The second-order valence-corrected chi connectivity index (χ2v) is 2.59. The number of hydrogen-bond donors (Lipinski definition) is 0. The average molecular weight is 115 g/mol. The van der Waals surface area contributed by atoms with Gasteiger partial charge in [0.2, 0.25) is 0 Å². The highest BCUT2D eigenvalue weighted by molar-refractivity contribution is 7.41. The summed E-state index contributed by atoms with van der Waals surface area (Å²) in [5.41, 5.74) is 0. The Kier molecular flexibility index (Phi) is 6.32. The average Bonchev–Trinajstić information content (AvgIpc) is 1.69. The summed E-state index contributed by atoms with van der Waals surface area (Å²) in [6.45, 7) is 4.34. The van der Waals surface area contributed by atoms with Crippen molar-refractivity contribution >= 4 is 8.58 Å². The van der Waals surface area contributed by atoms with Gasteiger partial charge in [0.15, 0.2) is 0 Å². The Morgan fingerprint density at radius 3 is 2.57 bits per heavy atom.